The standard InChI is InChI=1S/C21H18F2N4O4/c22-14-2-1-3-15(23)17(14)19-26-16-8-24-21(30)18(16)20(27-19)25-11-4-6-12(7-5-11)31-13(9-28)10-29/h1-7,13,28-29H,8-10H2,(H,24,30)(H,25,26,27). The lowest BCUT2D eigenvalue weighted by molar-refractivity contribution is 0.0629. The van der Waals surface area contributed by atoms with Crippen molar-refractivity contribution in [1.29, 1.82) is 0 Å². The number of nitrogens with one attached hydrogen (secondary N) is 2. The fourth-order valence-electron chi connectivity index (χ4n) is 3.12. The van der Waals surface area contributed by atoms with E-state index in [4.69, 9.17) is 14.9 Å². The summed E-state index contributed by atoms with van der Waals surface area (Å²) < 4.78 is 33.9. The number of anilines is 2. The number of rotatable bonds is 7. The number of amides is 1. The maximum atomic E-state index is 14.3. The third kappa shape index (κ3) is 4.16. The topological polar surface area (TPSA) is 117 Å². The molecule has 0 saturated heterocycles. The normalized spacial score (nSPS) is 12.6. The highest BCUT2D eigenvalue weighted by molar-refractivity contribution is 6.03. The van der Waals surface area contributed by atoms with Crippen LogP contribution in [0.1, 0.15) is 16.1 Å². The van der Waals surface area contributed by atoms with Crippen LogP contribution in [-0.4, -0.2) is 45.4 Å². The fraction of sp³-hybridized carbons (Fsp3) is 0.190. The van der Waals surface area contributed by atoms with Crippen LogP contribution in [0.25, 0.3) is 11.4 Å². The van der Waals surface area contributed by atoms with Gasteiger partial charge >= 0.3 is 0 Å². The lowest BCUT2D eigenvalue weighted by Crippen LogP contribution is -2.25. The number of halogens is 2. The summed E-state index contributed by atoms with van der Waals surface area (Å²) in [5, 5.41) is 23.8. The van der Waals surface area contributed by atoms with Gasteiger partial charge in [0.15, 0.2) is 5.82 Å². The summed E-state index contributed by atoms with van der Waals surface area (Å²) in [7, 11) is 0. The molecular formula is C21H18F2N4O4. The predicted octanol–water partition coefficient (Wildman–Crippen LogP) is 2.14. The third-order valence-electron chi connectivity index (χ3n) is 4.64. The molecule has 160 valence electrons. The first-order valence-corrected chi connectivity index (χ1v) is 9.39. The Labute approximate surface area is 175 Å². The summed E-state index contributed by atoms with van der Waals surface area (Å²) in [6.07, 6.45) is -0.745. The highest BCUT2D eigenvalue weighted by Crippen LogP contribution is 2.30. The van der Waals surface area contributed by atoms with Crippen molar-refractivity contribution in [3.05, 3.63) is 65.4 Å². The van der Waals surface area contributed by atoms with Crippen molar-refractivity contribution >= 4 is 17.4 Å². The van der Waals surface area contributed by atoms with Crippen molar-refractivity contribution in [1.82, 2.24) is 15.3 Å². The fourth-order valence-corrected chi connectivity index (χ4v) is 3.12. The SMILES string of the molecule is O=C1NCc2nc(-c3c(F)cccc3F)nc(Nc3ccc(OC(CO)CO)cc3)c21. The summed E-state index contributed by atoms with van der Waals surface area (Å²) in [6, 6.07) is 9.91. The molecule has 0 aliphatic carbocycles. The quantitative estimate of drug-likeness (QED) is 0.456. The summed E-state index contributed by atoms with van der Waals surface area (Å²) >= 11 is 0. The van der Waals surface area contributed by atoms with Crippen molar-refractivity contribution in [3.63, 3.8) is 0 Å². The Bertz CT molecular complexity index is 1100. The van der Waals surface area contributed by atoms with Gasteiger partial charge in [0.05, 0.1) is 31.0 Å². The number of aromatic nitrogens is 2. The summed E-state index contributed by atoms with van der Waals surface area (Å²) in [5.41, 5.74) is 0.670. The first-order chi connectivity index (χ1) is 15.0. The zero-order valence-corrected chi connectivity index (χ0v) is 16.1. The molecule has 3 aromatic rings. The van der Waals surface area contributed by atoms with Crippen LogP contribution in [-0.2, 0) is 6.54 Å². The second-order valence-corrected chi connectivity index (χ2v) is 6.75. The van der Waals surface area contributed by atoms with Crippen LogP contribution in [0.5, 0.6) is 5.75 Å². The van der Waals surface area contributed by atoms with Crippen LogP contribution in [0.15, 0.2) is 42.5 Å². The van der Waals surface area contributed by atoms with E-state index in [0.29, 0.717) is 17.1 Å². The molecule has 0 fully saturated rings. The van der Waals surface area contributed by atoms with E-state index in [1.54, 1.807) is 24.3 Å². The lowest BCUT2D eigenvalue weighted by Gasteiger charge is -2.15. The van der Waals surface area contributed by atoms with E-state index < -0.39 is 23.6 Å². The average Bonchev–Trinajstić information content (AvgIpc) is 3.14. The van der Waals surface area contributed by atoms with E-state index in [-0.39, 0.29) is 42.5 Å². The number of ether oxygens (including phenoxy) is 1. The molecule has 0 bridgehead atoms. The number of carbonyl (C=O) groups is 1. The van der Waals surface area contributed by atoms with Crippen LogP contribution in [0, 0.1) is 11.6 Å². The molecule has 1 aliphatic heterocycles. The van der Waals surface area contributed by atoms with E-state index in [2.05, 4.69) is 20.6 Å². The Morgan fingerprint density at radius 3 is 2.35 bits per heavy atom. The Morgan fingerprint density at radius 2 is 1.71 bits per heavy atom. The van der Waals surface area contributed by atoms with Crippen molar-refractivity contribution < 1.29 is 28.5 Å². The number of aliphatic hydroxyl groups is 2. The first kappa shape index (κ1) is 20.6. The molecular weight excluding hydrogens is 410 g/mol. The van der Waals surface area contributed by atoms with E-state index >= 15 is 0 Å². The summed E-state index contributed by atoms with van der Waals surface area (Å²) in [5.74, 6) is -1.68. The monoisotopic (exact) mass is 428 g/mol. The summed E-state index contributed by atoms with van der Waals surface area (Å²) in [4.78, 5) is 20.7. The molecule has 4 rings (SSSR count). The van der Waals surface area contributed by atoms with Gasteiger partial charge in [0.1, 0.15) is 34.9 Å². The molecule has 2 aromatic carbocycles. The van der Waals surface area contributed by atoms with E-state index in [1.165, 1.54) is 6.07 Å². The van der Waals surface area contributed by atoms with Gasteiger partial charge in [-0.15, -0.1) is 0 Å². The number of fused-ring (bicyclic) bond motifs is 1. The molecule has 0 unspecified atom stereocenters. The maximum Gasteiger partial charge on any atom is 0.257 e. The number of hydrogen-bond acceptors (Lipinski definition) is 7. The van der Waals surface area contributed by atoms with Crippen LogP contribution < -0.4 is 15.4 Å². The molecule has 8 nitrogen and oxygen atoms in total. The molecule has 1 aliphatic rings. The van der Waals surface area contributed by atoms with Gasteiger partial charge in [0.2, 0.25) is 0 Å². The molecule has 0 saturated carbocycles. The second kappa shape index (κ2) is 8.62. The number of hydrogen-bond donors (Lipinski definition) is 4. The van der Waals surface area contributed by atoms with Gasteiger partial charge in [-0.25, -0.2) is 18.7 Å². The number of benzene rings is 2. The van der Waals surface area contributed by atoms with Gasteiger partial charge in [-0.05, 0) is 36.4 Å². The Balaban J connectivity index is 1.68. The van der Waals surface area contributed by atoms with Crippen molar-refractivity contribution in [3.8, 4) is 17.1 Å². The van der Waals surface area contributed by atoms with Gasteiger partial charge in [-0.1, -0.05) is 6.07 Å². The highest BCUT2D eigenvalue weighted by Gasteiger charge is 2.28. The number of carbonyl (C=O) groups excluding carboxylic acids is 1. The third-order valence-corrected chi connectivity index (χ3v) is 4.64. The second-order valence-electron chi connectivity index (χ2n) is 6.75. The average molecular weight is 428 g/mol. The van der Waals surface area contributed by atoms with Gasteiger partial charge in [-0.2, -0.15) is 0 Å². The minimum atomic E-state index is -0.813. The van der Waals surface area contributed by atoms with Crippen LogP contribution in [0.2, 0.25) is 0 Å². The van der Waals surface area contributed by atoms with Gasteiger partial charge in [0.25, 0.3) is 5.91 Å². The molecule has 0 radical (unpaired) electrons. The van der Waals surface area contributed by atoms with Gasteiger partial charge < -0.3 is 25.6 Å². The van der Waals surface area contributed by atoms with Gasteiger partial charge in [-0.3, -0.25) is 4.79 Å². The first-order valence-electron chi connectivity index (χ1n) is 9.39. The molecule has 10 heteroatoms. The highest BCUT2D eigenvalue weighted by atomic mass is 19.1. The minimum Gasteiger partial charge on any atom is -0.486 e. The van der Waals surface area contributed by atoms with Crippen molar-refractivity contribution in [2.75, 3.05) is 18.5 Å². The maximum absolute atomic E-state index is 14.3. The van der Waals surface area contributed by atoms with E-state index in [1.807, 2.05) is 0 Å². The molecule has 31 heavy (non-hydrogen) atoms. The Hall–Kier alpha value is -3.63. The molecule has 0 spiro atoms. The number of aliphatic hydroxyl groups excluding tert-OH is 2. The van der Waals surface area contributed by atoms with Crippen LogP contribution in [0.4, 0.5) is 20.3 Å². The molecule has 1 aromatic heterocycles. The molecule has 2 heterocycles. The van der Waals surface area contributed by atoms with E-state index in [9.17, 15) is 13.6 Å². The van der Waals surface area contributed by atoms with Crippen LogP contribution >= 0.6 is 0 Å². The van der Waals surface area contributed by atoms with E-state index in [0.717, 1.165) is 12.1 Å². The van der Waals surface area contributed by atoms with Gasteiger partial charge in [0, 0.05) is 5.69 Å². The zero-order chi connectivity index (χ0) is 22.0. The van der Waals surface area contributed by atoms with Crippen molar-refractivity contribution in [2.24, 2.45) is 0 Å². The zero-order valence-electron chi connectivity index (χ0n) is 16.1. The van der Waals surface area contributed by atoms with Crippen molar-refractivity contribution in [2.45, 2.75) is 12.6 Å². The smallest absolute Gasteiger partial charge is 0.257 e. The predicted molar refractivity (Wildman–Crippen MR) is 107 cm³/mol. The Morgan fingerprint density at radius 1 is 1.03 bits per heavy atom. The molecule has 0 atom stereocenters. The largest absolute Gasteiger partial charge is 0.486 e. The van der Waals surface area contributed by atoms with Crippen LogP contribution in [0.3, 0.4) is 0 Å². The Kier molecular flexibility index (Phi) is 5.74. The number of nitrogens with zero attached hydrogens (tertiary/aromatic N) is 2. The summed E-state index contributed by atoms with van der Waals surface area (Å²) in [6.45, 7) is -0.562. The lowest BCUT2D eigenvalue weighted by atomic mass is 10.1. The molecule has 1 amide bonds. The molecule has 4 N–H and O–H groups in total. The minimum absolute atomic E-state index is 0.106.